The van der Waals surface area contributed by atoms with Gasteiger partial charge in [0.15, 0.2) is 0 Å². The second-order valence-corrected chi connectivity index (χ2v) is 4.29. The van der Waals surface area contributed by atoms with Crippen LogP contribution in [0, 0.1) is 23.2 Å². The van der Waals surface area contributed by atoms with Crippen molar-refractivity contribution in [1.29, 1.82) is 5.26 Å². The number of nitrogens with zero attached hydrogens (tertiary/aromatic N) is 1. The average Bonchev–Trinajstić information content (AvgIpc) is 2.81. The summed E-state index contributed by atoms with van der Waals surface area (Å²) in [5.74, 6) is -1.38. The van der Waals surface area contributed by atoms with Crippen LogP contribution in [0.2, 0.25) is 0 Å². The van der Waals surface area contributed by atoms with Crippen LogP contribution in [0.3, 0.4) is 0 Å². The van der Waals surface area contributed by atoms with Crippen molar-refractivity contribution >= 4 is 11.8 Å². The van der Waals surface area contributed by atoms with E-state index in [1.54, 1.807) is 6.92 Å². The Bertz CT molecular complexity index is 331. The lowest BCUT2D eigenvalue weighted by molar-refractivity contribution is -0.130. The molecule has 2 amide bonds. The van der Waals surface area contributed by atoms with Gasteiger partial charge in [-0.05, 0) is 19.8 Å². The number of nitrogens with two attached hydrogens (primary N) is 1. The van der Waals surface area contributed by atoms with Crippen LogP contribution < -0.4 is 11.1 Å². The highest BCUT2D eigenvalue weighted by Gasteiger charge is 2.27. The summed E-state index contributed by atoms with van der Waals surface area (Å²) in [7, 11) is 0. The van der Waals surface area contributed by atoms with E-state index in [9.17, 15) is 9.59 Å². The quantitative estimate of drug-likeness (QED) is 0.677. The van der Waals surface area contributed by atoms with Gasteiger partial charge < -0.3 is 15.8 Å². The summed E-state index contributed by atoms with van der Waals surface area (Å²) in [5.41, 5.74) is 5.19. The van der Waals surface area contributed by atoms with Crippen molar-refractivity contribution in [3.05, 3.63) is 0 Å². The molecule has 1 heterocycles. The Morgan fingerprint density at radius 3 is 2.82 bits per heavy atom. The largest absolute Gasteiger partial charge is 0.381 e. The number of nitriles is 1. The van der Waals surface area contributed by atoms with Crippen LogP contribution in [0.15, 0.2) is 0 Å². The summed E-state index contributed by atoms with van der Waals surface area (Å²) >= 11 is 0. The summed E-state index contributed by atoms with van der Waals surface area (Å²) in [6.45, 7) is 2.62. The zero-order chi connectivity index (χ0) is 12.8. The minimum Gasteiger partial charge on any atom is -0.381 e. The molecule has 1 aliphatic rings. The fraction of sp³-hybridized carbons (Fsp3) is 0.727. The van der Waals surface area contributed by atoms with Crippen molar-refractivity contribution in [3.63, 3.8) is 0 Å². The first-order valence-electron chi connectivity index (χ1n) is 5.61. The van der Waals surface area contributed by atoms with Crippen molar-refractivity contribution in [2.75, 3.05) is 13.2 Å². The third-order valence-electron chi connectivity index (χ3n) is 2.77. The Morgan fingerprint density at radius 2 is 2.35 bits per heavy atom. The molecule has 0 bridgehead atoms. The van der Waals surface area contributed by atoms with Gasteiger partial charge in [0, 0.05) is 12.5 Å². The zero-order valence-corrected chi connectivity index (χ0v) is 9.81. The molecule has 0 unspecified atom stereocenters. The predicted octanol–water partition coefficient (Wildman–Crippen LogP) is -0.457. The lowest BCUT2D eigenvalue weighted by Gasteiger charge is -2.18. The van der Waals surface area contributed by atoms with Gasteiger partial charge in [0.1, 0.15) is 6.04 Å². The molecule has 1 saturated heterocycles. The number of hydrogen-bond acceptors (Lipinski definition) is 4. The molecule has 0 aromatic heterocycles. The Hall–Kier alpha value is -1.61. The normalized spacial score (nSPS) is 22.5. The van der Waals surface area contributed by atoms with Gasteiger partial charge in [0.05, 0.1) is 18.6 Å². The monoisotopic (exact) mass is 239 g/mol. The number of carbonyl (C=O) groups is 2. The SMILES string of the molecule is C[C@H](C#N)C[C@@H](NC(=O)[C@H]1CCOC1)C(N)=O. The number of carbonyl (C=O) groups excluding carboxylic acids is 2. The second-order valence-electron chi connectivity index (χ2n) is 4.29. The summed E-state index contributed by atoms with van der Waals surface area (Å²) in [6, 6.07) is 1.23. The molecule has 0 aromatic carbocycles. The minimum atomic E-state index is -0.780. The van der Waals surface area contributed by atoms with E-state index in [4.69, 9.17) is 15.7 Å². The summed E-state index contributed by atoms with van der Waals surface area (Å²) in [6.07, 6.45) is 0.899. The number of rotatable bonds is 5. The van der Waals surface area contributed by atoms with E-state index in [1.165, 1.54) is 0 Å². The minimum absolute atomic E-state index is 0.214. The molecule has 3 atom stereocenters. The molecule has 0 aliphatic carbocycles. The first-order chi connectivity index (χ1) is 8.04. The lowest BCUT2D eigenvalue weighted by atomic mass is 10.0. The first-order valence-corrected chi connectivity index (χ1v) is 5.61. The molecule has 1 fully saturated rings. The van der Waals surface area contributed by atoms with E-state index >= 15 is 0 Å². The van der Waals surface area contributed by atoms with Gasteiger partial charge in [0.2, 0.25) is 11.8 Å². The van der Waals surface area contributed by atoms with Gasteiger partial charge in [-0.1, -0.05) is 0 Å². The maximum absolute atomic E-state index is 11.7. The molecule has 17 heavy (non-hydrogen) atoms. The summed E-state index contributed by atoms with van der Waals surface area (Å²) in [5, 5.41) is 11.3. The van der Waals surface area contributed by atoms with Gasteiger partial charge >= 0.3 is 0 Å². The van der Waals surface area contributed by atoms with E-state index in [-0.39, 0.29) is 24.2 Å². The molecule has 6 heteroatoms. The van der Waals surface area contributed by atoms with Crippen LogP contribution in [0.5, 0.6) is 0 Å². The smallest absolute Gasteiger partial charge is 0.240 e. The Kier molecular flexibility index (Phi) is 4.91. The van der Waals surface area contributed by atoms with Crippen LogP contribution in [0.1, 0.15) is 19.8 Å². The molecule has 3 N–H and O–H groups in total. The molecule has 0 radical (unpaired) electrons. The Morgan fingerprint density at radius 1 is 1.65 bits per heavy atom. The van der Waals surface area contributed by atoms with E-state index in [2.05, 4.69) is 5.32 Å². The van der Waals surface area contributed by atoms with Crippen molar-refractivity contribution in [2.45, 2.75) is 25.8 Å². The second kappa shape index (κ2) is 6.21. The van der Waals surface area contributed by atoms with Gasteiger partial charge in [-0.15, -0.1) is 0 Å². The number of primary amides is 1. The van der Waals surface area contributed by atoms with Gasteiger partial charge in [-0.2, -0.15) is 5.26 Å². The molecule has 0 saturated carbocycles. The number of amides is 2. The number of hydrogen-bond donors (Lipinski definition) is 2. The number of nitrogens with one attached hydrogen (secondary N) is 1. The van der Waals surface area contributed by atoms with Gasteiger partial charge in [0.25, 0.3) is 0 Å². The van der Waals surface area contributed by atoms with Crippen LogP contribution in [0.25, 0.3) is 0 Å². The third kappa shape index (κ3) is 4.04. The maximum Gasteiger partial charge on any atom is 0.240 e. The molecule has 0 aromatic rings. The molecule has 1 rings (SSSR count). The Labute approximate surface area is 100 Å². The van der Waals surface area contributed by atoms with Crippen molar-refractivity contribution in [2.24, 2.45) is 17.6 Å². The standard InChI is InChI=1S/C11H17N3O3/c1-7(5-12)4-9(10(13)15)14-11(16)8-2-3-17-6-8/h7-9H,2-4,6H2,1H3,(H2,13,15)(H,14,16)/t7-,8-,9+/m0/s1. The van der Waals surface area contributed by atoms with Crippen LogP contribution >= 0.6 is 0 Å². The molecule has 6 nitrogen and oxygen atoms in total. The maximum atomic E-state index is 11.7. The Balaban J connectivity index is 2.51. The average molecular weight is 239 g/mol. The van der Waals surface area contributed by atoms with Gasteiger partial charge in [-0.25, -0.2) is 0 Å². The number of ether oxygens (including phenoxy) is 1. The fourth-order valence-corrected chi connectivity index (χ4v) is 1.68. The molecule has 0 spiro atoms. The molecule has 94 valence electrons. The predicted molar refractivity (Wildman–Crippen MR) is 59.4 cm³/mol. The topological polar surface area (TPSA) is 105 Å². The van der Waals surface area contributed by atoms with Crippen molar-refractivity contribution in [1.82, 2.24) is 5.32 Å². The van der Waals surface area contributed by atoms with Crippen molar-refractivity contribution < 1.29 is 14.3 Å². The lowest BCUT2D eigenvalue weighted by Crippen LogP contribution is -2.47. The van der Waals surface area contributed by atoms with Crippen LogP contribution in [0.4, 0.5) is 0 Å². The van der Waals surface area contributed by atoms with Crippen LogP contribution in [-0.4, -0.2) is 31.1 Å². The van der Waals surface area contributed by atoms with E-state index in [0.717, 1.165) is 0 Å². The van der Waals surface area contributed by atoms with E-state index in [1.807, 2.05) is 6.07 Å². The summed E-state index contributed by atoms with van der Waals surface area (Å²) < 4.78 is 5.09. The van der Waals surface area contributed by atoms with Gasteiger partial charge in [-0.3, -0.25) is 9.59 Å². The molecular weight excluding hydrogens is 222 g/mol. The fourth-order valence-electron chi connectivity index (χ4n) is 1.68. The highest BCUT2D eigenvalue weighted by molar-refractivity contribution is 5.87. The van der Waals surface area contributed by atoms with Crippen LogP contribution in [-0.2, 0) is 14.3 Å². The molecular formula is C11H17N3O3. The summed E-state index contributed by atoms with van der Waals surface area (Å²) in [4.78, 5) is 22.9. The highest BCUT2D eigenvalue weighted by Crippen LogP contribution is 2.13. The van der Waals surface area contributed by atoms with E-state index < -0.39 is 11.9 Å². The first kappa shape index (κ1) is 13.5. The van der Waals surface area contributed by atoms with Crippen molar-refractivity contribution in [3.8, 4) is 6.07 Å². The van der Waals surface area contributed by atoms with E-state index in [0.29, 0.717) is 19.6 Å². The third-order valence-corrected chi connectivity index (χ3v) is 2.77. The molecule has 1 aliphatic heterocycles. The highest BCUT2D eigenvalue weighted by atomic mass is 16.5. The zero-order valence-electron chi connectivity index (χ0n) is 9.81.